The molecule has 180 valence electrons. The first-order valence-electron chi connectivity index (χ1n) is 11.9. The summed E-state index contributed by atoms with van der Waals surface area (Å²) in [5.41, 5.74) is 2.12. The fraction of sp³-hybridized carbons (Fsp3) is 0.625. The Labute approximate surface area is 196 Å². The van der Waals surface area contributed by atoms with Crippen LogP contribution in [0.25, 0.3) is 0 Å². The summed E-state index contributed by atoms with van der Waals surface area (Å²) in [5.74, 6) is 2.23. The SMILES string of the molecule is CNCC(C(=O)N1CC2=C(C1)CN(S(=O)(=O)c1ccc3c(c1)OCCO3)C2)C1CCCC1C. The molecule has 3 unspecified atom stereocenters. The summed E-state index contributed by atoms with van der Waals surface area (Å²) in [6.45, 7) is 5.57. The molecule has 9 heteroatoms. The average molecular weight is 476 g/mol. The van der Waals surface area contributed by atoms with E-state index in [1.54, 1.807) is 18.2 Å². The van der Waals surface area contributed by atoms with Crippen LogP contribution in [-0.2, 0) is 14.8 Å². The lowest BCUT2D eigenvalue weighted by Gasteiger charge is -2.31. The molecule has 1 aromatic carbocycles. The molecule has 5 rings (SSSR count). The first-order chi connectivity index (χ1) is 15.9. The van der Waals surface area contributed by atoms with Gasteiger partial charge in [-0.3, -0.25) is 4.79 Å². The smallest absolute Gasteiger partial charge is 0.243 e. The van der Waals surface area contributed by atoms with E-state index < -0.39 is 10.0 Å². The van der Waals surface area contributed by atoms with Crippen molar-refractivity contribution in [2.24, 2.45) is 17.8 Å². The van der Waals surface area contributed by atoms with E-state index in [2.05, 4.69) is 12.2 Å². The van der Waals surface area contributed by atoms with Gasteiger partial charge < -0.3 is 19.7 Å². The van der Waals surface area contributed by atoms with Gasteiger partial charge in [0.05, 0.1) is 10.8 Å². The zero-order valence-electron chi connectivity index (χ0n) is 19.4. The van der Waals surface area contributed by atoms with Gasteiger partial charge in [0.25, 0.3) is 0 Å². The van der Waals surface area contributed by atoms with Crippen molar-refractivity contribution < 1.29 is 22.7 Å². The summed E-state index contributed by atoms with van der Waals surface area (Å²) in [6, 6.07) is 4.78. The molecule has 0 bridgehead atoms. The van der Waals surface area contributed by atoms with Crippen LogP contribution in [0, 0.1) is 17.8 Å². The van der Waals surface area contributed by atoms with Crippen LogP contribution in [0.2, 0.25) is 0 Å². The van der Waals surface area contributed by atoms with Crippen LogP contribution in [-0.4, -0.2) is 76.5 Å². The molecular weight excluding hydrogens is 442 g/mol. The summed E-state index contributed by atoms with van der Waals surface area (Å²) < 4.78 is 39.1. The van der Waals surface area contributed by atoms with E-state index >= 15 is 0 Å². The van der Waals surface area contributed by atoms with Crippen molar-refractivity contribution in [3.8, 4) is 11.5 Å². The Balaban J connectivity index is 1.25. The largest absolute Gasteiger partial charge is 0.486 e. The molecule has 1 saturated carbocycles. The van der Waals surface area contributed by atoms with Crippen LogP contribution in [0.5, 0.6) is 11.5 Å². The molecule has 1 amide bonds. The van der Waals surface area contributed by atoms with Crippen molar-refractivity contribution in [2.45, 2.75) is 31.1 Å². The number of hydrogen-bond donors (Lipinski definition) is 1. The Morgan fingerprint density at radius 3 is 2.42 bits per heavy atom. The van der Waals surface area contributed by atoms with Crippen molar-refractivity contribution in [1.82, 2.24) is 14.5 Å². The predicted octanol–water partition coefficient (Wildman–Crippen LogP) is 1.87. The average Bonchev–Trinajstić information content (AvgIpc) is 3.52. The van der Waals surface area contributed by atoms with Crippen LogP contribution in [0.3, 0.4) is 0 Å². The van der Waals surface area contributed by atoms with Gasteiger partial charge in [-0.25, -0.2) is 8.42 Å². The lowest BCUT2D eigenvalue weighted by atomic mass is 9.83. The summed E-state index contributed by atoms with van der Waals surface area (Å²) >= 11 is 0. The number of nitrogens with one attached hydrogen (secondary N) is 1. The normalized spacial score (nSPS) is 26.1. The second-order valence-electron chi connectivity index (χ2n) is 9.72. The van der Waals surface area contributed by atoms with Gasteiger partial charge in [-0.1, -0.05) is 19.8 Å². The number of fused-ring (bicyclic) bond motifs is 1. The van der Waals surface area contributed by atoms with E-state index in [1.165, 1.54) is 17.1 Å². The monoisotopic (exact) mass is 475 g/mol. The molecule has 1 fully saturated rings. The van der Waals surface area contributed by atoms with E-state index in [0.29, 0.717) is 69.3 Å². The minimum atomic E-state index is -3.65. The summed E-state index contributed by atoms with van der Waals surface area (Å²) in [4.78, 5) is 15.6. The Kier molecular flexibility index (Phi) is 6.13. The highest BCUT2D eigenvalue weighted by atomic mass is 32.2. The van der Waals surface area contributed by atoms with Gasteiger partial charge in [-0.05, 0) is 48.6 Å². The molecule has 1 aliphatic carbocycles. The number of ether oxygens (including phenoxy) is 2. The minimum absolute atomic E-state index is 0.00919. The highest BCUT2D eigenvalue weighted by molar-refractivity contribution is 7.89. The van der Waals surface area contributed by atoms with Crippen LogP contribution >= 0.6 is 0 Å². The molecule has 1 N–H and O–H groups in total. The maximum Gasteiger partial charge on any atom is 0.243 e. The van der Waals surface area contributed by atoms with Crippen molar-refractivity contribution in [2.75, 3.05) is 53.0 Å². The number of nitrogens with zero attached hydrogens (tertiary/aromatic N) is 2. The molecule has 0 radical (unpaired) electrons. The van der Waals surface area contributed by atoms with Gasteiger partial charge >= 0.3 is 0 Å². The first kappa shape index (κ1) is 22.7. The second kappa shape index (κ2) is 8.92. The van der Waals surface area contributed by atoms with Crippen molar-refractivity contribution in [1.29, 1.82) is 0 Å². The lowest BCUT2D eigenvalue weighted by molar-refractivity contribution is -0.136. The third kappa shape index (κ3) is 4.15. The summed E-state index contributed by atoms with van der Waals surface area (Å²) in [7, 11) is -1.75. The number of carbonyl (C=O) groups excluding carboxylic acids is 1. The highest BCUT2D eigenvalue weighted by Gasteiger charge is 2.42. The Hall–Kier alpha value is -2.10. The standard InChI is InChI=1S/C24H33N3O5S/c1-16-4-3-5-20(16)21(11-25-2)24(28)26-12-17-14-27(15-18(17)13-26)33(29,30)19-6-7-22-23(10-19)32-9-8-31-22/h6-7,10,16,20-21,25H,3-5,8-9,11-15H2,1-2H3. The van der Waals surface area contributed by atoms with Gasteiger partial charge in [-0.2, -0.15) is 4.31 Å². The molecule has 4 aliphatic rings. The third-order valence-corrected chi connectivity index (χ3v) is 9.43. The van der Waals surface area contributed by atoms with E-state index in [-0.39, 0.29) is 16.7 Å². The van der Waals surface area contributed by atoms with Gasteiger partial charge in [0.15, 0.2) is 11.5 Å². The maximum absolute atomic E-state index is 13.4. The number of hydrogen-bond acceptors (Lipinski definition) is 6. The summed E-state index contributed by atoms with van der Waals surface area (Å²) in [5, 5.41) is 3.22. The molecule has 8 nitrogen and oxygen atoms in total. The molecule has 33 heavy (non-hydrogen) atoms. The predicted molar refractivity (Wildman–Crippen MR) is 124 cm³/mol. The van der Waals surface area contributed by atoms with Crippen LogP contribution in [0.1, 0.15) is 26.2 Å². The number of benzene rings is 1. The van der Waals surface area contributed by atoms with E-state index in [0.717, 1.165) is 17.6 Å². The first-order valence-corrected chi connectivity index (χ1v) is 13.4. The zero-order chi connectivity index (χ0) is 23.2. The highest BCUT2D eigenvalue weighted by Crippen LogP contribution is 2.39. The maximum atomic E-state index is 13.4. The molecular formula is C24H33N3O5S. The Bertz CT molecular complexity index is 1050. The van der Waals surface area contributed by atoms with Crippen LogP contribution in [0.4, 0.5) is 0 Å². The van der Waals surface area contributed by atoms with Crippen molar-refractivity contribution in [3.63, 3.8) is 0 Å². The fourth-order valence-electron chi connectivity index (χ4n) is 5.85. The minimum Gasteiger partial charge on any atom is -0.486 e. The van der Waals surface area contributed by atoms with Crippen LogP contribution in [0.15, 0.2) is 34.2 Å². The molecule has 0 spiro atoms. The molecule has 3 heterocycles. The lowest BCUT2D eigenvalue weighted by Crippen LogP contribution is -2.44. The van der Waals surface area contributed by atoms with E-state index in [9.17, 15) is 13.2 Å². The van der Waals surface area contributed by atoms with Gasteiger partial charge in [0.1, 0.15) is 13.2 Å². The van der Waals surface area contributed by atoms with Gasteiger partial charge in [-0.15, -0.1) is 0 Å². The molecule has 1 aromatic rings. The molecule has 0 saturated heterocycles. The van der Waals surface area contributed by atoms with E-state index in [4.69, 9.17) is 9.47 Å². The molecule has 3 aliphatic heterocycles. The third-order valence-electron chi connectivity index (χ3n) is 7.65. The van der Waals surface area contributed by atoms with Crippen molar-refractivity contribution >= 4 is 15.9 Å². The second-order valence-corrected chi connectivity index (χ2v) is 11.7. The van der Waals surface area contributed by atoms with E-state index in [1.807, 2.05) is 11.9 Å². The molecule has 3 atom stereocenters. The number of sulfonamides is 1. The Morgan fingerprint density at radius 2 is 1.79 bits per heavy atom. The number of amides is 1. The summed E-state index contributed by atoms with van der Waals surface area (Å²) in [6.07, 6.45) is 3.50. The number of carbonyl (C=O) groups is 1. The molecule has 0 aromatic heterocycles. The Morgan fingerprint density at radius 1 is 1.09 bits per heavy atom. The van der Waals surface area contributed by atoms with Crippen LogP contribution < -0.4 is 14.8 Å². The fourth-order valence-corrected chi connectivity index (χ4v) is 7.30. The topological polar surface area (TPSA) is 88.2 Å². The number of rotatable bonds is 6. The zero-order valence-corrected chi connectivity index (χ0v) is 20.2. The van der Waals surface area contributed by atoms with Gasteiger partial charge in [0, 0.05) is 38.8 Å². The quantitative estimate of drug-likeness (QED) is 0.632. The van der Waals surface area contributed by atoms with Gasteiger partial charge in [0.2, 0.25) is 15.9 Å². The van der Waals surface area contributed by atoms with Crippen molar-refractivity contribution in [3.05, 3.63) is 29.3 Å².